The molecule has 0 spiro atoms. The molecule has 0 aliphatic carbocycles. The molecule has 2 heterocycles. The Bertz CT molecular complexity index is 506. The number of pyridine rings is 1. The van der Waals surface area contributed by atoms with E-state index in [4.69, 9.17) is 5.73 Å². The summed E-state index contributed by atoms with van der Waals surface area (Å²) in [6.45, 7) is 3.06. The van der Waals surface area contributed by atoms with Crippen molar-refractivity contribution in [2.24, 2.45) is 7.05 Å². The van der Waals surface area contributed by atoms with Gasteiger partial charge in [-0.3, -0.25) is 0 Å². The number of rotatable bonds is 5. The number of anilines is 1. The van der Waals surface area contributed by atoms with Crippen LogP contribution in [0.15, 0.2) is 30.9 Å². The monoisotopic (exact) mass is 245 g/mol. The summed E-state index contributed by atoms with van der Waals surface area (Å²) in [6.07, 6.45) is 6.43. The van der Waals surface area contributed by atoms with Gasteiger partial charge in [-0.1, -0.05) is 13.0 Å². The van der Waals surface area contributed by atoms with E-state index < -0.39 is 0 Å². The summed E-state index contributed by atoms with van der Waals surface area (Å²) in [7, 11) is 1.98. The zero-order valence-electron chi connectivity index (χ0n) is 10.8. The summed E-state index contributed by atoms with van der Waals surface area (Å²) >= 11 is 0. The molecule has 0 fully saturated rings. The molecule has 0 radical (unpaired) electrons. The summed E-state index contributed by atoms with van der Waals surface area (Å²) in [6, 6.07) is 3.94. The SMILES string of the molecule is CCCNC(c1cccnc1N)c1cncn1C. The third-order valence-corrected chi connectivity index (χ3v) is 2.93. The third kappa shape index (κ3) is 2.51. The minimum absolute atomic E-state index is 0.0335. The van der Waals surface area contributed by atoms with E-state index in [-0.39, 0.29) is 6.04 Å². The number of nitrogens with two attached hydrogens (primary N) is 1. The van der Waals surface area contributed by atoms with E-state index >= 15 is 0 Å². The Labute approximate surface area is 107 Å². The fourth-order valence-corrected chi connectivity index (χ4v) is 1.98. The number of hydrogen-bond donors (Lipinski definition) is 2. The molecule has 1 unspecified atom stereocenters. The molecular weight excluding hydrogens is 226 g/mol. The standard InChI is InChI=1S/C13H19N5/c1-3-6-16-12(11-8-15-9-18(11)2)10-5-4-7-17-13(10)14/h4-5,7-9,12,16H,3,6H2,1-2H3,(H2,14,17). The second kappa shape index (κ2) is 5.64. The number of imidazole rings is 1. The molecule has 2 aromatic rings. The number of nitrogens with one attached hydrogen (secondary N) is 1. The average molecular weight is 245 g/mol. The van der Waals surface area contributed by atoms with Crippen molar-refractivity contribution in [3.8, 4) is 0 Å². The van der Waals surface area contributed by atoms with E-state index in [1.165, 1.54) is 0 Å². The van der Waals surface area contributed by atoms with Crippen molar-refractivity contribution < 1.29 is 0 Å². The van der Waals surface area contributed by atoms with Crippen molar-refractivity contribution in [2.45, 2.75) is 19.4 Å². The fourth-order valence-electron chi connectivity index (χ4n) is 1.98. The molecule has 0 saturated heterocycles. The zero-order valence-corrected chi connectivity index (χ0v) is 10.8. The van der Waals surface area contributed by atoms with Crippen LogP contribution in [-0.4, -0.2) is 21.1 Å². The Morgan fingerprint density at radius 2 is 2.33 bits per heavy atom. The maximum atomic E-state index is 5.97. The van der Waals surface area contributed by atoms with Gasteiger partial charge in [0.1, 0.15) is 5.82 Å². The third-order valence-electron chi connectivity index (χ3n) is 2.93. The number of nitrogens with zero attached hydrogens (tertiary/aromatic N) is 3. The first-order chi connectivity index (χ1) is 8.74. The molecule has 0 bridgehead atoms. The summed E-state index contributed by atoms with van der Waals surface area (Å²) in [5.41, 5.74) is 8.05. The highest BCUT2D eigenvalue weighted by Crippen LogP contribution is 2.24. The van der Waals surface area contributed by atoms with Crippen LogP contribution in [0, 0.1) is 0 Å². The molecule has 0 amide bonds. The molecule has 5 heteroatoms. The lowest BCUT2D eigenvalue weighted by atomic mass is 10.0. The van der Waals surface area contributed by atoms with Crippen LogP contribution in [0.25, 0.3) is 0 Å². The summed E-state index contributed by atoms with van der Waals surface area (Å²) in [4.78, 5) is 8.32. The second-order valence-corrected chi connectivity index (χ2v) is 4.29. The summed E-state index contributed by atoms with van der Waals surface area (Å²) in [5.74, 6) is 0.562. The van der Waals surface area contributed by atoms with Gasteiger partial charge in [0.2, 0.25) is 0 Å². The molecule has 2 aromatic heterocycles. The van der Waals surface area contributed by atoms with Crippen molar-refractivity contribution in [3.63, 3.8) is 0 Å². The Hall–Kier alpha value is -1.88. The van der Waals surface area contributed by atoms with Gasteiger partial charge in [0.05, 0.1) is 24.3 Å². The van der Waals surface area contributed by atoms with Gasteiger partial charge < -0.3 is 15.6 Å². The number of nitrogen functional groups attached to an aromatic ring is 1. The largest absolute Gasteiger partial charge is 0.383 e. The van der Waals surface area contributed by atoms with E-state index in [1.807, 2.05) is 29.9 Å². The molecule has 0 saturated carbocycles. The molecule has 18 heavy (non-hydrogen) atoms. The summed E-state index contributed by atoms with van der Waals surface area (Å²) in [5, 5.41) is 3.49. The van der Waals surface area contributed by atoms with Crippen LogP contribution in [0.2, 0.25) is 0 Å². The molecule has 1 atom stereocenters. The minimum Gasteiger partial charge on any atom is -0.383 e. The van der Waals surface area contributed by atoms with Crippen LogP contribution < -0.4 is 11.1 Å². The van der Waals surface area contributed by atoms with Crippen molar-refractivity contribution in [1.82, 2.24) is 19.9 Å². The van der Waals surface area contributed by atoms with Gasteiger partial charge in [0, 0.05) is 18.8 Å². The second-order valence-electron chi connectivity index (χ2n) is 4.29. The van der Waals surface area contributed by atoms with Crippen molar-refractivity contribution in [1.29, 1.82) is 0 Å². The minimum atomic E-state index is 0.0335. The highest BCUT2D eigenvalue weighted by molar-refractivity contribution is 5.44. The van der Waals surface area contributed by atoms with Gasteiger partial charge >= 0.3 is 0 Å². The van der Waals surface area contributed by atoms with Crippen LogP contribution in [0.5, 0.6) is 0 Å². The fraction of sp³-hybridized carbons (Fsp3) is 0.385. The Morgan fingerprint density at radius 3 is 2.94 bits per heavy atom. The maximum Gasteiger partial charge on any atom is 0.128 e. The number of aryl methyl sites for hydroxylation is 1. The first-order valence-electron chi connectivity index (χ1n) is 6.14. The van der Waals surface area contributed by atoms with Crippen molar-refractivity contribution in [3.05, 3.63) is 42.1 Å². The van der Waals surface area contributed by atoms with E-state index in [0.717, 1.165) is 24.2 Å². The Kier molecular flexibility index (Phi) is 3.94. The van der Waals surface area contributed by atoms with Crippen molar-refractivity contribution in [2.75, 3.05) is 12.3 Å². The van der Waals surface area contributed by atoms with Gasteiger partial charge in [0.15, 0.2) is 0 Å². The molecule has 2 rings (SSSR count). The molecule has 0 aliphatic rings. The smallest absolute Gasteiger partial charge is 0.128 e. The predicted molar refractivity (Wildman–Crippen MR) is 72.0 cm³/mol. The van der Waals surface area contributed by atoms with E-state index in [1.54, 1.807) is 12.5 Å². The topological polar surface area (TPSA) is 68.8 Å². The lowest BCUT2D eigenvalue weighted by molar-refractivity contribution is 0.569. The highest BCUT2D eigenvalue weighted by atomic mass is 15.1. The Morgan fingerprint density at radius 1 is 1.50 bits per heavy atom. The quantitative estimate of drug-likeness (QED) is 0.837. The number of hydrogen-bond acceptors (Lipinski definition) is 4. The maximum absolute atomic E-state index is 5.97. The molecular formula is C13H19N5. The molecule has 0 aromatic carbocycles. The van der Waals surface area contributed by atoms with Gasteiger partial charge in [-0.25, -0.2) is 9.97 Å². The van der Waals surface area contributed by atoms with Crippen molar-refractivity contribution >= 4 is 5.82 Å². The van der Waals surface area contributed by atoms with Crippen LogP contribution in [-0.2, 0) is 7.05 Å². The number of aromatic nitrogens is 3. The van der Waals surface area contributed by atoms with Crippen LogP contribution in [0.4, 0.5) is 5.82 Å². The summed E-state index contributed by atoms with van der Waals surface area (Å²) < 4.78 is 2.00. The van der Waals surface area contributed by atoms with Crippen LogP contribution >= 0.6 is 0 Å². The van der Waals surface area contributed by atoms with Gasteiger partial charge in [-0.05, 0) is 19.0 Å². The molecule has 96 valence electrons. The molecule has 0 aliphatic heterocycles. The van der Waals surface area contributed by atoms with Gasteiger partial charge in [-0.2, -0.15) is 0 Å². The lowest BCUT2D eigenvalue weighted by Crippen LogP contribution is -2.26. The average Bonchev–Trinajstić information content (AvgIpc) is 2.78. The highest BCUT2D eigenvalue weighted by Gasteiger charge is 2.18. The van der Waals surface area contributed by atoms with E-state index in [9.17, 15) is 0 Å². The van der Waals surface area contributed by atoms with Crippen LogP contribution in [0.3, 0.4) is 0 Å². The van der Waals surface area contributed by atoms with Gasteiger partial charge in [0.25, 0.3) is 0 Å². The van der Waals surface area contributed by atoms with E-state index in [2.05, 4.69) is 22.2 Å². The first-order valence-corrected chi connectivity index (χ1v) is 6.14. The molecule has 3 N–H and O–H groups in total. The predicted octanol–water partition coefficient (Wildman–Crippen LogP) is 1.49. The van der Waals surface area contributed by atoms with E-state index in [0.29, 0.717) is 5.82 Å². The first kappa shape index (κ1) is 12.6. The van der Waals surface area contributed by atoms with Crippen LogP contribution in [0.1, 0.15) is 30.6 Å². The molecule has 5 nitrogen and oxygen atoms in total. The Balaban J connectivity index is 2.37. The zero-order chi connectivity index (χ0) is 13.0. The normalized spacial score (nSPS) is 12.6. The lowest BCUT2D eigenvalue weighted by Gasteiger charge is -2.20. The van der Waals surface area contributed by atoms with Gasteiger partial charge in [-0.15, -0.1) is 0 Å².